The van der Waals surface area contributed by atoms with E-state index in [-0.39, 0.29) is 12.1 Å². The number of ether oxygens (including phenoxy) is 1. The smallest absolute Gasteiger partial charge is 0.378 e. The molecular formula is C15H16F3N3O5. The lowest BCUT2D eigenvalue weighted by Gasteiger charge is -2.30. The zero-order valence-electron chi connectivity index (χ0n) is 13.5. The zero-order chi connectivity index (χ0) is 19.1. The van der Waals surface area contributed by atoms with Crippen molar-refractivity contribution in [1.29, 1.82) is 0 Å². The molecule has 1 saturated heterocycles. The summed E-state index contributed by atoms with van der Waals surface area (Å²) in [5, 5.41) is 25.2. The second kappa shape index (κ2) is 6.71. The fraction of sp³-hybridized carbons (Fsp3) is 0.600. The van der Waals surface area contributed by atoms with Gasteiger partial charge in [-0.1, -0.05) is 0 Å². The molecule has 2 fully saturated rings. The van der Waals surface area contributed by atoms with E-state index in [2.05, 4.69) is 5.32 Å². The summed E-state index contributed by atoms with van der Waals surface area (Å²) in [5.41, 5.74) is -3.83. The normalized spacial score (nSPS) is 23.5. The van der Waals surface area contributed by atoms with E-state index in [9.17, 15) is 33.4 Å². The number of nitrogens with zero attached hydrogens (tertiary/aromatic N) is 2. The number of nitrogens with one attached hydrogen (secondary N) is 1. The first-order valence-electron chi connectivity index (χ1n) is 8.09. The third kappa shape index (κ3) is 3.87. The van der Waals surface area contributed by atoms with E-state index in [0.717, 1.165) is 12.8 Å². The van der Waals surface area contributed by atoms with Crippen LogP contribution >= 0.6 is 0 Å². The Morgan fingerprint density at radius 3 is 2.12 bits per heavy atom. The summed E-state index contributed by atoms with van der Waals surface area (Å²) in [6.45, 7) is 0.390. The lowest BCUT2D eigenvalue weighted by Crippen LogP contribution is -2.35. The predicted octanol–water partition coefficient (Wildman–Crippen LogP) is 3.89. The molecule has 0 radical (unpaired) electrons. The lowest BCUT2D eigenvalue weighted by molar-refractivity contribution is -0.392. The topological polar surface area (TPSA) is 108 Å². The summed E-state index contributed by atoms with van der Waals surface area (Å²) in [6, 6.07) is 0.309. The Labute approximate surface area is 145 Å². The second-order valence-corrected chi connectivity index (χ2v) is 6.51. The maximum atomic E-state index is 12.9. The van der Waals surface area contributed by atoms with Crippen molar-refractivity contribution in [3.8, 4) is 0 Å². The molecule has 0 amide bonds. The molecule has 2 aliphatic rings. The maximum Gasteiger partial charge on any atom is 0.416 e. The van der Waals surface area contributed by atoms with E-state index < -0.39 is 38.6 Å². The third-order valence-electron chi connectivity index (χ3n) is 4.63. The first-order valence-corrected chi connectivity index (χ1v) is 8.09. The Hall–Kier alpha value is -2.43. The van der Waals surface area contributed by atoms with Gasteiger partial charge in [-0.25, -0.2) is 0 Å². The van der Waals surface area contributed by atoms with Gasteiger partial charge in [0.1, 0.15) is 0 Å². The van der Waals surface area contributed by atoms with Crippen LogP contribution in [0.5, 0.6) is 0 Å². The van der Waals surface area contributed by atoms with Crippen LogP contribution in [0.25, 0.3) is 0 Å². The summed E-state index contributed by atoms with van der Waals surface area (Å²) in [4.78, 5) is 20.4. The molecule has 1 aromatic carbocycles. The maximum absolute atomic E-state index is 12.9. The number of nitro groups is 2. The molecule has 2 unspecified atom stereocenters. The van der Waals surface area contributed by atoms with Crippen LogP contribution < -0.4 is 5.32 Å². The molecule has 3 rings (SSSR count). The quantitative estimate of drug-likeness (QED) is 0.618. The largest absolute Gasteiger partial charge is 0.416 e. The number of benzene rings is 1. The number of hydrogen-bond donors (Lipinski definition) is 1. The molecule has 1 N–H and O–H groups in total. The Morgan fingerprint density at radius 1 is 1.08 bits per heavy atom. The standard InChI is InChI=1S/C15H16F3N3O5/c16-15(17,18)9-5-11(20(22)23)14(12(6-9)21(24)25)19-10-3-4-26-13(7-10)8-1-2-8/h5-6,8,10,13,19H,1-4,7H2. The van der Waals surface area contributed by atoms with Crippen LogP contribution in [0.3, 0.4) is 0 Å². The molecule has 1 saturated carbocycles. The molecule has 8 nitrogen and oxygen atoms in total. The van der Waals surface area contributed by atoms with E-state index >= 15 is 0 Å². The van der Waals surface area contributed by atoms with Gasteiger partial charge in [0, 0.05) is 24.8 Å². The lowest BCUT2D eigenvalue weighted by atomic mass is 9.99. The first kappa shape index (κ1) is 18.4. The highest BCUT2D eigenvalue weighted by Gasteiger charge is 2.40. The van der Waals surface area contributed by atoms with Gasteiger partial charge in [0.15, 0.2) is 5.69 Å². The van der Waals surface area contributed by atoms with Gasteiger partial charge in [0.05, 0.1) is 21.5 Å². The van der Waals surface area contributed by atoms with Crippen molar-refractivity contribution < 1.29 is 27.8 Å². The van der Waals surface area contributed by atoms with Gasteiger partial charge < -0.3 is 10.1 Å². The molecule has 0 bridgehead atoms. The number of halogens is 3. The second-order valence-electron chi connectivity index (χ2n) is 6.51. The molecule has 26 heavy (non-hydrogen) atoms. The van der Waals surface area contributed by atoms with Gasteiger partial charge in [-0.3, -0.25) is 20.2 Å². The molecule has 11 heteroatoms. The van der Waals surface area contributed by atoms with Gasteiger partial charge in [0.2, 0.25) is 0 Å². The number of hydrogen-bond acceptors (Lipinski definition) is 6. The highest BCUT2D eigenvalue weighted by molar-refractivity contribution is 5.75. The Morgan fingerprint density at radius 2 is 1.65 bits per heavy atom. The molecule has 142 valence electrons. The molecule has 2 atom stereocenters. The molecular weight excluding hydrogens is 359 g/mol. The van der Waals surface area contributed by atoms with Gasteiger partial charge in [-0.05, 0) is 31.6 Å². The molecule has 1 heterocycles. The molecule has 1 aliphatic carbocycles. The van der Waals surface area contributed by atoms with Crippen molar-refractivity contribution in [2.45, 2.75) is 44.0 Å². The molecule has 1 aromatic rings. The number of rotatable bonds is 5. The van der Waals surface area contributed by atoms with Crippen molar-refractivity contribution in [3.05, 3.63) is 37.9 Å². The van der Waals surface area contributed by atoms with Crippen molar-refractivity contribution in [1.82, 2.24) is 0 Å². The van der Waals surface area contributed by atoms with Crippen LogP contribution in [-0.2, 0) is 10.9 Å². The van der Waals surface area contributed by atoms with Crippen molar-refractivity contribution >= 4 is 17.1 Å². The average Bonchev–Trinajstić information content (AvgIpc) is 3.38. The van der Waals surface area contributed by atoms with Crippen molar-refractivity contribution in [2.24, 2.45) is 5.92 Å². The van der Waals surface area contributed by atoms with E-state index in [1.54, 1.807) is 0 Å². The highest BCUT2D eigenvalue weighted by atomic mass is 19.4. The van der Waals surface area contributed by atoms with Crippen LogP contribution in [0.4, 0.5) is 30.2 Å². The minimum atomic E-state index is -4.93. The summed E-state index contributed by atoms with van der Waals surface area (Å²) in [6.07, 6.45) is -1.95. The van der Waals surface area contributed by atoms with Gasteiger partial charge in [-0.2, -0.15) is 13.2 Å². The van der Waals surface area contributed by atoms with Crippen LogP contribution in [0.2, 0.25) is 0 Å². The number of nitro benzene ring substituents is 2. The fourth-order valence-electron chi connectivity index (χ4n) is 3.17. The summed E-state index contributed by atoms with van der Waals surface area (Å²) in [5.74, 6) is 0.414. The van der Waals surface area contributed by atoms with E-state index in [0.29, 0.717) is 37.5 Å². The Kier molecular flexibility index (Phi) is 4.74. The monoisotopic (exact) mass is 375 g/mol. The number of alkyl halides is 3. The van der Waals surface area contributed by atoms with Crippen LogP contribution in [-0.4, -0.2) is 28.6 Å². The zero-order valence-corrected chi connectivity index (χ0v) is 13.5. The molecule has 0 spiro atoms. The SMILES string of the molecule is O=[N+]([O-])c1cc(C(F)(F)F)cc([N+](=O)[O-])c1NC1CCOC(C2CC2)C1. The van der Waals surface area contributed by atoms with E-state index in [4.69, 9.17) is 4.74 Å². The van der Waals surface area contributed by atoms with Gasteiger partial charge in [0.25, 0.3) is 11.4 Å². The minimum absolute atomic E-state index is 0.0335. The summed E-state index contributed by atoms with van der Waals surface area (Å²) >= 11 is 0. The van der Waals surface area contributed by atoms with Gasteiger partial charge >= 0.3 is 6.18 Å². The average molecular weight is 375 g/mol. The fourth-order valence-corrected chi connectivity index (χ4v) is 3.17. The summed E-state index contributed by atoms with van der Waals surface area (Å²) < 4.78 is 44.4. The molecule has 1 aliphatic heterocycles. The van der Waals surface area contributed by atoms with Crippen molar-refractivity contribution in [2.75, 3.05) is 11.9 Å². The highest BCUT2D eigenvalue weighted by Crippen LogP contribution is 2.43. The summed E-state index contributed by atoms with van der Waals surface area (Å²) in [7, 11) is 0. The predicted molar refractivity (Wildman–Crippen MR) is 83.9 cm³/mol. The molecule has 0 aromatic heterocycles. The van der Waals surface area contributed by atoms with Crippen LogP contribution in [0.15, 0.2) is 12.1 Å². The third-order valence-corrected chi connectivity index (χ3v) is 4.63. The van der Waals surface area contributed by atoms with Gasteiger partial charge in [-0.15, -0.1) is 0 Å². The first-order chi connectivity index (χ1) is 12.2. The van der Waals surface area contributed by atoms with Crippen molar-refractivity contribution in [3.63, 3.8) is 0 Å². The minimum Gasteiger partial charge on any atom is -0.378 e. The van der Waals surface area contributed by atoms with E-state index in [1.165, 1.54) is 0 Å². The van der Waals surface area contributed by atoms with Crippen LogP contribution in [0.1, 0.15) is 31.2 Å². The van der Waals surface area contributed by atoms with E-state index in [1.807, 2.05) is 0 Å². The Bertz CT molecular complexity index is 701. The Balaban J connectivity index is 1.95. The number of anilines is 1. The van der Waals surface area contributed by atoms with Crippen LogP contribution in [0, 0.1) is 26.1 Å².